The number of likely N-dealkylation sites (N-methyl/N-ethyl adjacent to an activating group) is 1. The average molecular weight is 753 g/mol. The van der Waals surface area contributed by atoms with Crippen molar-refractivity contribution in [2.45, 2.75) is 114 Å². The lowest BCUT2D eigenvalue weighted by molar-refractivity contribution is -0.0746. The first kappa shape index (κ1) is 38.1. The van der Waals surface area contributed by atoms with E-state index in [0.29, 0.717) is 18.1 Å². The minimum absolute atomic E-state index is 0.164. The molecule has 6 aliphatic rings. The monoisotopic (exact) mass is 752 g/mol. The van der Waals surface area contributed by atoms with E-state index >= 15 is 0 Å². The van der Waals surface area contributed by atoms with Crippen molar-refractivity contribution in [2.75, 3.05) is 57.8 Å². The van der Waals surface area contributed by atoms with Gasteiger partial charge in [-0.25, -0.2) is 4.21 Å². The molecular formula is C42H61ClN4O4S. The lowest BCUT2D eigenvalue weighted by atomic mass is 9.63. The van der Waals surface area contributed by atoms with Crippen LogP contribution in [0.25, 0.3) is 0 Å². The number of fused-ring (bicyclic) bond motifs is 5. The van der Waals surface area contributed by atoms with Crippen LogP contribution in [-0.4, -0.2) is 94.8 Å². The molecule has 286 valence electrons. The molecule has 2 saturated heterocycles. The van der Waals surface area contributed by atoms with Gasteiger partial charge in [-0.05, 0) is 144 Å². The van der Waals surface area contributed by atoms with E-state index in [4.69, 9.17) is 16.3 Å². The van der Waals surface area contributed by atoms with Gasteiger partial charge in [-0.2, -0.15) is 0 Å². The Morgan fingerprint density at radius 2 is 1.81 bits per heavy atom. The van der Waals surface area contributed by atoms with Crippen LogP contribution < -0.4 is 14.4 Å². The van der Waals surface area contributed by atoms with Crippen molar-refractivity contribution in [1.82, 2.24) is 14.5 Å². The fraction of sp³-hybridized carbons (Fsp3) is 0.690. The highest BCUT2D eigenvalue weighted by molar-refractivity contribution is 7.84. The third kappa shape index (κ3) is 8.10. The number of carbonyl (C=O) groups is 1. The summed E-state index contributed by atoms with van der Waals surface area (Å²) < 4.78 is 22.5. The van der Waals surface area contributed by atoms with Gasteiger partial charge in [-0.3, -0.25) is 14.4 Å². The molecule has 3 fully saturated rings. The first-order valence-electron chi connectivity index (χ1n) is 20.1. The molecule has 52 heavy (non-hydrogen) atoms. The van der Waals surface area contributed by atoms with Gasteiger partial charge in [0.1, 0.15) is 16.7 Å². The fourth-order valence-electron chi connectivity index (χ4n) is 10.1. The molecule has 2 N–H and O–H groups in total. The number of amides is 1. The van der Waals surface area contributed by atoms with Crippen LogP contribution in [0.5, 0.6) is 5.75 Å². The number of aliphatic hydroxyl groups is 1. The molecule has 2 aromatic rings. The first-order chi connectivity index (χ1) is 24.9. The van der Waals surface area contributed by atoms with Crippen LogP contribution in [0.3, 0.4) is 0 Å². The second kappa shape index (κ2) is 15.9. The molecule has 8 rings (SSSR count). The van der Waals surface area contributed by atoms with Crippen molar-refractivity contribution in [2.24, 2.45) is 17.8 Å². The van der Waals surface area contributed by atoms with Gasteiger partial charge < -0.3 is 19.6 Å². The molecule has 2 aliphatic carbocycles. The Morgan fingerprint density at radius 1 is 0.962 bits per heavy atom. The number of hydrogen-bond donors (Lipinski definition) is 2. The Morgan fingerprint density at radius 3 is 2.62 bits per heavy atom. The van der Waals surface area contributed by atoms with E-state index in [0.717, 1.165) is 87.0 Å². The van der Waals surface area contributed by atoms with Crippen molar-refractivity contribution >= 4 is 34.2 Å². The van der Waals surface area contributed by atoms with Crippen molar-refractivity contribution in [3.63, 3.8) is 0 Å². The minimum Gasteiger partial charge on any atom is -0.490 e. The lowest BCUT2D eigenvalue weighted by Crippen LogP contribution is -2.53. The maximum Gasteiger partial charge on any atom is 0.263 e. The number of carbonyl (C=O) groups excluding carboxylic acids is 1. The van der Waals surface area contributed by atoms with Crippen LogP contribution in [0, 0.1) is 17.8 Å². The molecule has 8 nitrogen and oxygen atoms in total. The quantitative estimate of drug-likeness (QED) is 0.301. The van der Waals surface area contributed by atoms with Crippen molar-refractivity contribution < 1.29 is 18.8 Å². The molecule has 2 aromatic carbocycles. The van der Waals surface area contributed by atoms with E-state index in [1.54, 1.807) is 6.07 Å². The number of piperidine rings is 1. The predicted octanol–water partition coefficient (Wildman–Crippen LogP) is 6.98. The number of hydrogen-bond acceptors (Lipinski definition) is 7. The zero-order valence-corrected chi connectivity index (χ0v) is 33.5. The van der Waals surface area contributed by atoms with Gasteiger partial charge in [0, 0.05) is 54.8 Å². The number of ether oxygens (including phenoxy) is 1. The normalized spacial score (nSPS) is 35.7. The molecule has 0 radical (unpaired) electrons. The van der Waals surface area contributed by atoms with Crippen LogP contribution >= 0.6 is 11.6 Å². The zero-order valence-electron chi connectivity index (χ0n) is 31.9. The number of aryl methyl sites for hydroxylation is 1. The molecule has 7 unspecified atom stereocenters. The number of rotatable bonds is 0. The van der Waals surface area contributed by atoms with Gasteiger partial charge in [0.25, 0.3) is 5.91 Å². The smallest absolute Gasteiger partial charge is 0.263 e. The van der Waals surface area contributed by atoms with Gasteiger partial charge in [0.2, 0.25) is 0 Å². The highest BCUT2D eigenvalue weighted by atomic mass is 35.5. The summed E-state index contributed by atoms with van der Waals surface area (Å²) in [5, 5.41) is 12.2. The number of benzene rings is 2. The van der Waals surface area contributed by atoms with Crippen molar-refractivity contribution in [1.29, 1.82) is 0 Å². The van der Waals surface area contributed by atoms with Crippen LogP contribution in [-0.2, 0) is 22.8 Å². The summed E-state index contributed by atoms with van der Waals surface area (Å²) in [5.41, 5.74) is 3.05. The summed E-state index contributed by atoms with van der Waals surface area (Å²) >= 11 is 6.41. The molecule has 1 spiro atoms. The van der Waals surface area contributed by atoms with E-state index in [9.17, 15) is 14.1 Å². The summed E-state index contributed by atoms with van der Waals surface area (Å²) in [6.07, 6.45) is 12.0. The number of anilines is 1. The Bertz CT molecular complexity index is 1620. The maximum atomic E-state index is 13.3. The Hall–Kier alpha value is -2.17. The summed E-state index contributed by atoms with van der Waals surface area (Å²) in [6.45, 7) is 13.4. The van der Waals surface area contributed by atoms with E-state index in [1.165, 1.54) is 56.6 Å². The molecular weight excluding hydrogens is 692 g/mol. The molecule has 1 amide bonds. The van der Waals surface area contributed by atoms with Gasteiger partial charge in [0.05, 0.1) is 23.1 Å². The van der Waals surface area contributed by atoms with Gasteiger partial charge >= 0.3 is 0 Å². The molecule has 1 saturated carbocycles. The largest absolute Gasteiger partial charge is 0.490 e. The molecule has 4 heterocycles. The zero-order chi connectivity index (χ0) is 36.6. The summed E-state index contributed by atoms with van der Waals surface area (Å²) in [6, 6.07) is 12.8. The van der Waals surface area contributed by atoms with Crippen LogP contribution in [0.2, 0.25) is 5.02 Å². The van der Waals surface area contributed by atoms with Crippen LogP contribution in [0.4, 0.5) is 5.69 Å². The Balaban J connectivity index is 0.000000324. The van der Waals surface area contributed by atoms with Gasteiger partial charge in [-0.1, -0.05) is 37.4 Å². The topological polar surface area (TPSA) is 85.3 Å². The van der Waals surface area contributed by atoms with Crippen LogP contribution in [0.1, 0.15) is 106 Å². The van der Waals surface area contributed by atoms with E-state index < -0.39 is 16.6 Å². The third-order valence-electron chi connectivity index (χ3n) is 13.7. The minimum atomic E-state index is -1.51. The van der Waals surface area contributed by atoms with Crippen LogP contribution in [0.15, 0.2) is 36.4 Å². The first-order valence-corrected chi connectivity index (χ1v) is 21.7. The standard InChI is InChI=1S/C33H43ClN2O4S.C9H18N2/c1-21-6-4-14-32(3,38)27-11-8-25(27)18-36-19-33(15-5-7-23-16-26(34)10-12-28(23)33)20-40-30-13-9-24(17-29(30)36)31(37)35-41(39)22(21)2;1-10-6-7-11-5-3-2-4-9(11)8-10/h9-10,12-13,16-17,21-22,25,27,38H,4-8,11,14-15,18-20H2,1-3H3,(H,35,37);9H,2-8H2,1H3/t21?,22?,25?,27?,32?,33-,41?;/m0./s1. The highest BCUT2D eigenvalue weighted by Gasteiger charge is 2.47. The molecule has 8 atom stereocenters. The predicted molar refractivity (Wildman–Crippen MR) is 212 cm³/mol. The molecule has 10 heteroatoms. The second-order valence-electron chi connectivity index (χ2n) is 17.3. The fourth-order valence-corrected chi connectivity index (χ4v) is 11.4. The number of nitrogens with zero attached hydrogens (tertiary/aromatic N) is 3. The molecule has 0 aromatic heterocycles. The summed E-state index contributed by atoms with van der Waals surface area (Å²) in [7, 11) is 0.735. The second-order valence-corrected chi connectivity index (χ2v) is 19.3. The molecule has 4 aliphatic heterocycles. The lowest BCUT2D eigenvalue weighted by Gasteiger charge is -2.49. The van der Waals surface area contributed by atoms with E-state index in [1.807, 2.05) is 32.0 Å². The SMILES string of the molecule is CC1CCCC(C)(O)C2CCC2CN2C[C@@]3(CCCc4cc(Cl)ccc43)COc3ccc(cc32)C(=O)NS(=O)C1C.CN1CCN2CCCCC2C1. The van der Waals surface area contributed by atoms with Gasteiger partial charge in [0.15, 0.2) is 0 Å². The van der Waals surface area contributed by atoms with Crippen molar-refractivity contribution in [3.8, 4) is 5.75 Å². The van der Waals surface area contributed by atoms with E-state index in [-0.39, 0.29) is 28.4 Å². The summed E-state index contributed by atoms with van der Waals surface area (Å²) in [4.78, 5) is 20.9. The Labute approximate surface area is 319 Å². The summed E-state index contributed by atoms with van der Waals surface area (Å²) in [5.74, 6) is 1.20. The van der Waals surface area contributed by atoms with Gasteiger partial charge in [-0.15, -0.1) is 0 Å². The Kier molecular flexibility index (Phi) is 11.7. The maximum absolute atomic E-state index is 13.3. The third-order valence-corrected chi connectivity index (χ3v) is 15.4. The van der Waals surface area contributed by atoms with Crippen molar-refractivity contribution in [3.05, 3.63) is 58.1 Å². The highest BCUT2D eigenvalue weighted by Crippen LogP contribution is 2.48. The van der Waals surface area contributed by atoms with E-state index in [2.05, 4.69) is 45.5 Å². The molecule has 2 bridgehead atoms. The average Bonchev–Trinajstić information content (AvgIpc) is 3.25. The number of halogens is 1. The number of piperazine rings is 1. The number of nitrogens with one attached hydrogen (secondary N) is 1.